The van der Waals surface area contributed by atoms with Gasteiger partial charge < -0.3 is 9.72 Å². The molecule has 1 N–H and O–H groups in total. The van der Waals surface area contributed by atoms with Crippen molar-refractivity contribution >= 4 is 34.1 Å². The van der Waals surface area contributed by atoms with Crippen molar-refractivity contribution in [1.82, 2.24) is 14.4 Å². The molecule has 0 saturated carbocycles. The molecule has 0 bridgehead atoms. The van der Waals surface area contributed by atoms with Gasteiger partial charge in [-0.05, 0) is 32.0 Å². The van der Waals surface area contributed by atoms with Gasteiger partial charge in [-0.25, -0.2) is 4.98 Å². The van der Waals surface area contributed by atoms with Crippen LogP contribution in [-0.4, -0.2) is 27.4 Å². The van der Waals surface area contributed by atoms with E-state index >= 15 is 0 Å². The number of fused-ring (bicyclic) bond motifs is 2. The highest BCUT2D eigenvalue weighted by molar-refractivity contribution is 6.30. The molecule has 9 heteroatoms. The number of aromatic nitrogens is 3. The number of aromatic amines is 1. The Kier molecular flexibility index (Phi) is 4.58. The summed E-state index contributed by atoms with van der Waals surface area (Å²) >= 11 is 6.06. The third kappa shape index (κ3) is 2.94. The number of esters is 1. The van der Waals surface area contributed by atoms with Crippen molar-refractivity contribution in [1.29, 1.82) is 0 Å². The lowest BCUT2D eigenvalue weighted by Gasteiger charge is -2.23. The van der Waals surface area contributed by atoms with Crippen LogP contribution in [0, 0.1) is 0 Å². The molecular formula is C21H17ClF3N3O2. The van der Waals surface area contributed by atoms with E-state index in [1.54, 1.807) is 13.8 Å². The summed E-state index contributed by atoms with van der Waals surface area (Å²) in [5.74, 6) is -0.486. The second kappa shape index (κ2) is 6.77. The Balaban J connectivity index is 2.12. The number of carbonyl (C=O) groups is 1. The van der Waals surface area contributed by atoms with Gasteiger partial charge in [0.15, 0.2) is 0 Å². The molecule has 0 spiro atoms. The molecule has 0 radical (unpaired) electrons. The summed E-state index contributed by atoms with van der Waals surface area (Å²) in [6.07, 6.45) is -3.44. The zero-order valence-corrected chi connectivity index (χ0v) is 17.0. The molecule has 0 fully saturated rings. The fraction of sp³-hybridized carbons (Fsp3) is 0.238. The van der Waals surface area contributed by atoms with Crippen molar-refractivity contribution in [3.8, 4) is 11.1 Å². The van der Waals surface area contributed by atoms with Crippen LogP contribution in [0.25, 0.3) is 27.7 Å². The van der Waals surface area contributed by atoms with E-state index in [4.69, 9.17) is 16.3 Å². The predicted molar refractivity (Wildman–Crippen MR) is 108 cm³/mol. The van der Waals surface area contributed by atoms with Gasteiger partial charge in [-0.15, -0.1) is 0 Å². The number of imidazole rings is 1. The minimum atomic E-state index is -4.62. The molecule has 3 aromatic heterocycles. The van der Waals surface area contributed by atoms with Crippen LogP contribution in [0.4, 0.5) is 13.2 Å². The molecule has 156 valence electrons. The number of carbonyl (C=O) groups excluding carboxylic acids is 1. The minimum absolute atomic E-state index is 0.0430. The molecule has 0 atom stereocenters. The molecule has 0 saturated heterocycles. The van der Waals surface area contributed by atoms with Gasteiger partial charge in [0.05, 0.1) is 13.3 Å². The zero-order valence-electron chi connectivity index (χ0n) is 16.3. The lowest BCUT2D eigenvalue weighted by atomic mass is 9.84. The standard InChI is InChI=1S/C21H17ClF3N3O2/c1-20(2,19(29)30-3)17-16(11-6-4-5-7-13(11)27-17)12-8-9-14(21(23,24)25)28-15(22)10-26-18(12)28/h4-10,27H,1-3H3. The summed E-state index contributed by atoms with van der Waals surface area (Å²) in [5.41, 5.74) is 0.241. The van der Waals surface area contributed by atoms with Crippen molar-refractivity contribution in [2.24, 2.45) is 0 Å². The highest BCUT2D eigenvalue weighted by Gasteiger charge is 2.38. The van der Waals surface area contributed by atoms with Gasteiger partial charge in [-0.1, -0.05) is 29.8 Å². The fourth-order valence-corrected chi connectivity index (χ4v) is 3.95. The number of pyridine rings is 1. The number of nitrogens with one attached hydrogen (secondary N) is 1. The normalized spacial score (nSPS) is 12.6. The Labute approximate surface area is 174 Å². The van der Waals surface area contributed by atoms with Crippen LogP contribution in [0.5, 0.6) is 0 Å². The maximum Gasteiger partial charge on any atom is 0.431 e. The van der Waals surface area contributed by atoms with E-state index in [1.807, 2.05) is 24.3 Å². The molecule has 0 aliphatic carbocycles. The molecule has 3 heterocycles. The van der Waals surface area contributed by atoms with Gasteiger partial charge in [-0.3, -0.25) is 9.20 Å². The largest absolute Gasteiger partial charge is 0.468 e. The first-order valence-electron chi connectivity index (χ1n) is 9.00. The number of hydrogen-bond donors (Lipinski definition) is 1. The molecule has 4 rings (SSSR count). The number of hydrogen-bond acceptors (Lipinski definition) is 3. The fourth-order valence-electron chi connectivity index (χ4n) is 3.73. The first kappa shape index (κ1) is 20.3. The first-order chi connectivity index (χ1) is 14.1. The average Bonchev–Trinajstić information content (AvgIpc) is 3.27. The first-order valence-corrected chi connectivity index (χ1v) is 9.38. The predicted octanol–water partition coefficient (Wildman–Crippen LogP) is 5.61. The van der Waals surface area contributed by atoms with Crippen LogP contribution < -0.4 is 0 Å². The topological polar surface area (TPSA) is 59.4 Å². The maximum absolute atomic E-state index is 13.5. The summed E-state index contributed by atoms with van der Waals surface area (Å²) in [6.45, 7) is 3.37. The van der Waals surface area contributed by atoms with Gasteiger partial charge in [0, 0.05) is 27.7 Å². The van der Waals surface area contributed by atoms with Crippen molar-refractivity contribution in [2.45, 2.75) is 25.4 Å². The number of rotatable bonds is 3. The third-order valence-corrected chi connectivity index (χ3v) is 5.46. The molecule has 0 aliphatic heterocycles. The van der Waals surface area contributed by atoms with Gasteiger partial charge in [0.2, 0.25) is 0 Å². The van der Waals surface area contributed by atoms with E-state index in [1.165, 1.54) is 19.4 Å². The van der Waals surface area contributed by atoms with Crippen molar-refractivity contribution in [3.05, 3.63) is 59.1 Å². The van der Waals surface area contributed by atoms with Crippen LogP contribution in [-0.2, 0) is 21.1 Å². The van der Waals surface area contributed by atoms with Crippen LogP contribution in [0.3, 0.4) is 0 Å². The van der Waals surface area contributed by atoms with E-state index in [-0.39, 0.29) is 10.8 Å². The quantitative estimate of drug-likeness (QED) is 0.426. The number of alkyl halides is 3. The molecule has 30 heavy (non-hydrogen) atoms. The second-order valence-corrected chi connectivity index (χ2v) is 7.79. The second-order valence-electron chi connectivity index (χ2n) is 7.41. The van der Waals surface area contributed by atoms with Gasteiger partial charge in [0.1, 0.15) is 21.9 Å². The number of para-hydroxylation sites is 1. The van der Waals surface area contributed by atoms with Crippen LogP contribution >= 0.6 is 11.6 Å². The van der Waals surface area contributed by atoms with Gasteiger partial charge in [-0.2, -0.15) is 13.2 Å². The maximum atomic E-state index is 13.5. The number of benzene rings is 1. The van der Waals surface area contributed by atoms with Gasteiger partial charge in [0.25, 0.3) is 0 Å². The zero-order chi connectivity index (χ0) is 21.8. The highest BCUT2D eigenvalue weighted by Crippen LogP contribution is 2.42. The van der Waals surface area contributed by atoms with E-state index in [0.29, 0.717) is 16.8 Å². The number of methoxy groups -OCH3 is 1. The van der Waals surface area contributed by atoms with E-state index < -0.39 is 23.3 Å². The summed E-state index contributed by atoms with van der Waals surface area (Å²) in [6, 6.07) is 9.62. The number of nitrogens with zero attached hydrogens (tertiary/aromatic N) is 2. The Morgan fingerprint density at radius 2 is 1.87 bits per heavy atom. The average molecular weight is 436 g/mol. The summed E-state index contributed by atoms with van der Waals surface area (Å²) < 4.78 is 46.5. The Hall–Kier alpha value is -3.00. The SMILES string of the molecule is COC(=O)C(C)(C)c1[nH]c2ccccc2c1-c1ccc(C(F)(F)F)n2c(Cl)cnc12. The van der Waals surface area contributed by atoms with E-state index in [9.17, 15) is 18.0 Å². The smallest absolute Gasteiger partial charge is 0.431 e. The lowest BCUT2D eigenvalue weighted by molar-refractivity contribution is -0.146. The molecular weight excluding hydrogens is 419 g/mol. The molecule has 4 aromatic rings. The minimum Gasteiger partial charge on any atom is -0.468 e. The molecule has 0 amide bonds. The summed E-state index contributed by atoms with van der Waals surface area (Å²) in [4.78, 5) is 19.9. The number of H-pyrrole nitrogens is 1. The molecule has 5 nitrogen and oxygen atoms in total. The van der Waals surface area contributed by atoms with Crippen LogP contribution in [0.15, 0.2) is 42.6 Å². The van der Waals surface area contributed by atoms with Crippen LogP contribution in [0.2, 0.25) is 5.15 Å². The third-order valence-electron chi connectivity index (χ3n) is 5.20. The van der Waals surface area contributed by atoms with E-state index in [2.05, 4.69) is 9.97 Å². The molecule has 0 aliphatic rings. The Morgan fingerprint density at radius 1 is 1.17 bits per heavy atom. The highest BCUT2D eigenvalue weighted by atomic mass is 35.5. The lowest BCUT2D eigenvalue weighted by Crippen LogP contribution is -2.31. The Morgan fingerprint density at radius 3 is 2.53 bits per heavy atom. The Bertz CT molecular complexity index is 1290. The van der Waals surface area contributed by atoms with Gasteiger partial charge >= 0.3 is 12.1 Å². The monoisotopic (exact) mass is 435 g/mol. The molecule has 1 aromatic carbocycles. The van der Waals surface area contributed by atoms with Crippen molar-refractivity contribution < 1.29 is 22.7 Å². The van der Waals surface area contributed by atoms with Crippen molar-refractivity contribution in [2.75, 3.05) is 7.11 Å². The van der Waals surface area contributed by atoms with Crippen LogP contribution in [0.1, 0.15) is 25.2 Å². The number of ether oxygens (including phenoxy) is 1. The summed E-state index contributed by atoms with van der Waals surface area (Å²) in [7, 11) is 1.29. The number of halogens is 4. The van der Waals surface area contributed by atoms with Crippen molar-refractivity contribution in [3.63, 3.8) is 0 Å². The van der Waals surface area contributed by atoms with E-state index in [0.717, 1.165) is 21.4 Å². The summed E-state index contributed by atoms with van der Waals surface area (Å²) in [5, 5.41) is 0.582. The molecule has 0 unspecified atom stereocenters.